The van der Waals surface area contributed by atoms with Crippen molar-refractivity contribution in [3.05, 3.63) is 83.7 Å². The van der Waals surface area contributed by atoms with Crippen LogP contribution in [0.1, 0.15) is 10.4 Å². The molecule has 31 heavy (non-hydrogen) atoms. The number of esters is 2. The van der Waals surface area contributed by atoms with E-state index >= 15 is 0 Å². The first-order chi connectivity index (χ1) is 15.0. The average molecular weight is 418 g/mol. The number of nitrogens with one attached hydrogen (secondary N) is 1. The van der Waals surface area contributed by atoms with Gasteiger partial charge in [0.15, 0.2) is 5.75 Å². The van der Waals surface area contributed by atoms with Crippen LogP contribution >= 0.6 is 0 Å². The number of nitrogens with zero attached hydrogens (tertiary/aromatic N) is 1. The Morgan fingerprint density at radius 2 is 1.74 bits per heavy atom. The Kier molecular flexibility index (Phi) is 5.28. The fraction of sp³-hybridized carbons (Fsp3) is 0.0870. The Bertz CT molecular complexity index is 1180. The number of amides is 1. The zero-order valence-corrected chi connectivity index (χ0v) is 16.7. The van der Waals surface area contributed by atoms with Crippen molar-refractivity contribution in [2.75, 3.05) is 24.4 Å². The second-order valence-electron chi connectivity index (χ2n) is 6.55. The molecule has 1 amide bonds. The van der Waals surface area contributed by atoms with Gasteiger partial charge < -0.3 is 24.4 Å². The number of hydrogen-bond acceptors (Lipinski definition) is 7. The van der Waals surface area contributed by atoms with Crippen molar-refractivity contribution in [2.45, 2.75) is 0 Å². The number of hydrogen-bond donors (Lipinski definition) is 1. The zero-order chi connectivity index (χ0) is 22.0. The lowest BCUT2D eigenvalue weighted by molar-refractivity contribution is -0.139. The van der Waals surface area contributed by atoms with Gasteiger partial charge in [-0.2, -0.15) is 0 Å². The largest absolute Gasteiger partial charge is 0.465 e. The molecule has 8 heteroatoms. The van der Waals surface area contributed by atoms with Crippen molar-refractivity contribution >= 4 is 29.2 Å². The number of allylic oxidation sites excluding steroid dienone is 2. The highest BCUT2D eigenvalue weighted by Gasteiger charge is 2.29. The van der Waals surface area contributed by atoms with Crippen molar-refractivity contribution in [3.63, 3.8) is 0 Å². The number of anilines is 2. The molecule has 0 fully saturated rings. The molecule has 0 saturated carbocycles. The smallest absolute Gasteiger partial charge is 0.355 e. The quantitative estimate of drug-likeness (QED) is 0.762. The molecule has 2 heterocycles. The van der Waals surface area contributed by atoms with E-state index in [1.807, 2.05) is 0 Å². The Morgan fingerprint density at radius 1 is 0.968 bits per heavy atom. The third kappa shape index (κ3) is 3.66. The third-order valence-electron chi connectivity index (χ3n) is 4.73. The van der Waals surface area contributed by atoms with Gasteiger partial charge in [-0.05, 0) is 42.5 Å². The van der Waals surface area contributed by atoms with Crippen LogP contribution in [-0.2, 0) is 19.1 Å². The summed E-state index contributed by atoms with van der Waals surface area (Å²) in [6, 6.07) is 12.0. The van der Waals surface area contributed by atoms with E-state index in [4.69, 9.17) is 14.2 Å². The van der Waals surface area contributed by atoms with Crippen molar-refractivity contribution in [3.8, 4) is 11.5 Å². The Morgan fingerprint density at radius 3 is 2.52 bits per heavy atom. The number of ether oxygens (including phenoxy) is 3. The average Bonchev–Trinajstić information content (AvgIpc) is 3.10. The second-order valence-corrected chi connectivity index (χ2v) is 6.55. The predicted octanol–water partition coefficient (Wildman–Crippen LogP) is 3.53. The first kappa shape index (κ1) is 20.0. The van der Waals surface area contributed by atoms with Crippen LogP contribution in [0.15, 0.2) is 78.2 Å². The number of fused-ring (bicyclic) bond motifs is 2. The van der Waals surface area contributed by atoms with Gasteiger partial charge in [-0.15, -0.1) is 0 Å². The lowest BCUT2D eigenvalue weighted by Crippen LogP contribution is -2.27. The van der Waals surface area contributed by atoms with Gasteiger partial charge in [0, 0.05) is 11.9 Å². The van der Waals surface area contributed by atoms with E-state index in [9.17, 15) is 14.4 Å². The molecule has 0 atom stereocenters. The second kappa shape index (κ2) is 8.19. The minimum Gasteiger partial charge on any atom is -0.465 e. The van der Waals surface area contributed by atoms with Gasteiger partial charge in [-0.1, -0.05) is 18.2 Å². The molecular formula is C23H18N2O6. The zero-order valence-electron chi connectivity index (χ0n) is 16.7. The van der Waals surface area contributed by atoms with E-state index < -0.39 is 11.9 Å². The predicted molar refractivity (Wildman–Crippen MR) is 113 cm³/mol. The van der Waals surface area contributed by atoms with Crippen LogP contribution in [0.4, 0.5) is 11.4 Å². The molecule has 0 unspecified atom stereocenters. The van der Waals surface area contributed by atoms with E-state index in [0.29, 0.717) is 22.9 Å². The number of methoxy groups -OCH3 is 2. The molecular weight excluding hydrogens is 400 g/mol. The number of benzene rings is 2. The molecule has 2 aliphatic rings. The summed E-state index contributed by atoms with van der Waals surface area (Å²) in [4.78, 5) is 39.2. The summed E-state index contributed by atoms with van der Waals surface area (Å²) in [7, 11) is 2.44. The summed E-state index contributed by atoms with van der Waals surface area (Å²) in [5.41, 5.74) is 1.24. The van der Waals surface area contributed by atoms with Crippen LogP contribution in [0.5, 0.6) is 11.5 Å². The molecule has 0 spiro atoms. The maximum Gasteiger partial charge on any atom is 0.355 e. The summed E-state index contributed by atoms with van der Waals surface area (Å²) in [6.45, 7) is 0. The van der Waals surface area contributed by atoms with E-state index in [1.165, 1.54) is 25.2 Å². The lowest BCUT2D eigenvalue weighted by Gasteiger charge is -2.23. The van der Waals surface area contributed by atoms with Crippen LogP contribution in [0.3, 0.4) is 0 Å². The minimum absolute atomic E-state index is 0.0161. The molecule has 0 radical (unpaired) electrons. The molecule has 4 rings (SSSR count). The van der Waals surface area contributed by atoms with E-state index in [2.05, 4.69) is 5.32 Å². The highest BCUT2D eigenvalue weighted by atomic mass is 16.5. The third-order valence-corrected chi connectivity index (χ3v) is 4.73. The first-order valence-electron chi connectivity index (χ1n) is 9.30. The number of para-hydroxylation sites is 2. The maximum atomic E-state index is 12.8. The topological polar surface area (TPSA) is 94.2 Å². The van der Waals surface area contributed by atoms with Crippen LogP contribution < -0.4 is 15.0 Å². The molecule has 0 bridgehead atoms. The summed E-state index contributed by atoms with van der Waals surface area (Å²) in [6.07, 6.45) is 6.30. The molecule has 0 aromatic heterocycles. The molecule has 8 nitrogen and oxygen atoms in total. The van der Waals surface area contributed by atoms with Gasteiger partial charge in [-0.25, -0.2) is 9.59 Å². The van der Waals surface area contributed by atoms with Crippen molar-refractivity contribution in [1.29, 1.82) is 0 Å². The van der Waals surface area contributed by atoms with E-state index in [-0.39, 0.29) is 22.7 Å². The monoisotopic (exact) mass is 418 g/mol. The number of carbonyl (C=O) groups excluding carboxylic acids is 3. The first-order valence-corrected chi connectivity index (χ1v) is 9.30. The van der Waals surface area contributed by atoms with Crippen LogP contribution in [0, 0.1) is 0 Å². The van der Waals surface area contributed by atoms with Crippen molar-refractivity contribution in [1.82, 2.24) is 0 Å². The molecule has 156 valence electrons. The Labute approximate surface area is 178 Å². The highest BCUT2D eigenvalue weighted by molar-refractivity contribution is 6.09. The van der Waals surface area contributed by atoms with Gasteiger partial charge in [0.1, 0.15) is 11.4 Å². The SMILES string of the molecule is COC(=O)C1=C(C(=O)OC)N(c2ccc3c(c2)C(=O)Nc2ccccc2O3)C=CC=C1. The maximum absolute atomic E-state index is 12.8. The fourth-order valence-electron chi connectivity index (χ4n) is 3.27. The van der Waals surface area contributed by atoms with Gasteiger partial charge in [0.2, 0.25) is 0 Å². The number of carbonyl (C=O) groups is 3. The van der Waals surface area contributed by atoms with Crippen LogP contribution in [0.2, 0.25) is 0 Å². The Hall–Kier alpha value is -4.33. The summed E-state index contributed by atoms with van der Waals surface area (Å²) in [5, 5.41) is 2.81. The van der Waals surface area contributed by atoms with Crippen LogP contribution in [0.25, 0.3) is 0 Å². The molecule has 2 aromatic rings. The number of rotatable bonds is 3. The van der Waals surface area contributed by atoms with Crippen molar-refractivity contribution in [2.24, 2.45) is 0 Å². The summed E-state index contributed by atoms with van der Waals surface area (Å²) in [5.74, 6) is -0.920. The lowest BCUT2D eigenvalue weighted by atomic mass is 10.1. The van der Waals surface area contributed by atoms with Gasteiger partial charge in [-0.3, -0.25) is 4.79 Å². The molecule has 2 aromatic carbocycles. The van der Waals surface area contributed by atoms with Crippen LogP contribution in [-0.4, -0.2) is 32.1 Å². The molecule has 1 N–H and O–H groups in total. The Balaban J connectivity index is 1.82. The van der Waals surface area contributed by atoms with Crippen molar-refractivity contribution < 1.29 is 28.6 Å². The molecule has 2 aliphatic heterocycles. The summed E-state index contributed by atoms with van der Waals surface area (Å²) >= 11 is 0. The normalized spacial score (nSPS) is 14.5. The van der Waals surface area contributed by atoms with Gasteiger partial charge in [0.05, 0.1) is 31.0 Å². The van der Waals surface area contributed by atoms with E-state index in [1.54, 1.807) is 60.8 Å². The fourth-order valence-corrected chi connectivity index (χ4v) is 3.27. The minimum atomic E-state index is -0.736. The molecule has 0 aliphatic carbocycles. The van der Waals surface area contributed by atoms with E-state index in [0.717, 1.165) is 0 Å². The van der Waals surface area contributed by atoms with Gasteiger partial charge in [0.25, 0.3) is 5.91 Å². The standard InChI is InChI=1S/C23H18N2O6/c1-29-22(27)15-7-5-6-12-25(20(15)23(28)30-2)14-10-11-18-16(13-14)21(26)24-17-8-3-4-9-19(17)31-18/h3-13H,1-2H3,(H,24,26). The highest BCUT2D eigenvalue weighted by Crippen LogP contribution is 2.38. The van der Waals surface area contributed by atoms with Gasteiger partial charge >= 0.3 is 11.9 Å². The molecule has 0 saturated heterocycles. The summed E-state index contributed by atoms with van der Waals surface area (Å²) < 4.78 is 15.6.